The first-order valence-electron chi connectivity index (χ1n) is 3.77. The van der Waals surface area contributed by atoms with E-state index in [-0.39, 0.29) is 24.8 Å². The molecular weight excluding hydrogens is 183 g/mol. The Morgan fingerprint density at radius 1 is 1.00 bits per heavy atom. The SMILES string of the molecule is Cl.Cl.NC1CC(N)C12CCC2. The zero-order valence-electron chi connectivity index (χ0n) is 6.45. The highest BCUT2D eigenvalue weighted by molar-refractivity contribution is 5.85. The van der Waals surface area contributed by atoms with Crippen molar-refractivity contribution >= 4 is 24.8 Å². The highest BCUT2D eigenvalue weighted by atomic mass is 35.5. The van der Waals surface area contributed by atoms with E-state index in [0.717, 1.165) is 6.42 Å². The molecule has 68 valence electrons. The third-order valence-electron chi connectivity index (χ3n) is 3.27. The van der Waals surface area contributed by atoms with Crippen molar-refractivity contribution in [3.05, 3.63) is 0 Å². The molecule has 0 saturated heterocycles. The molecule has 0 aromatic carbocycles. The molecular formula is C7H16Cl2N2. The summed E-state index contributed by atoms with van der Waals surface area (Å²) in [5.41, 5.74) is 12.1. The summed E-state index contributed by atoms with van der Waals surface area (Å²) in [6.07, 6.45) is 4.98. The van der Waals surface area contributed by atoms with Crippen LogP contribution in [0.25, 0.3) is 0 Å². The average molecular weight is 199 g/mol. The zero-order valence-corrected chi connectivity index (χ0v) is 8.09. The van der Waals surface area contributed by atoms with Crippen LogP contribution in [0.5, 0.6) is 0 Å². The molecule has 4 N–H and O–H groups in total. The third kappa shape index (κ3) is 1.26. The van der Waals surface area contributed by atoms with Crippen LogP contribution >= 0.6 is 24.8 Å². The Bertz CT molecular complexity index is 126. The van der Waals surface area contributed by atoms with Gasteiger partial charge in [0.1, 0.15) is 0 Å². The number of rotatable bonds is 0. The molecule has 0 aromatic heterocycles. The molecule has 0 heterocycles. The van der Waals surface area contributed by atoms with Crippen LogP contribution in [0.15, 0.2) is 0 Å². The van der Waals surface area contributed by atoms with Gasteiger partial charge in [0.15, 0.2) is 0 Å². The van der Waals surface area contributed by atoms with Gasteiger partial charge in [-0.1, -0.05) is 6.42 Å². The van der Waals surface area contributed by atoms with Crippen molar-refractivity contribution < 1.29 is 0 Å². The first kappa shape index (κ1) is 11.5. The highest BCUT2D eigenvalue weighted by Crippen LogP contribution is 2.53. The Morgan fingerprint density at radius 2 is 1.45 bits per heavy atom. The van der Waals surface area contributed by atoms with Crippen LogP contribution in [-0.2, 0) is 0 Å². The fourth-order valence-electron chi connectivity index (χ4n) is 2.18. The zero-order chi connectivity index (χ0) is 6.48. The number of halogens is 2. The number of nitrogens with two attached hydrogens (primary N) is 2. The quantitative estimate of drug-likeness (QED) is 0.612. The maximum absolute atomic E-state index is 5.83. The van der Waals surface area contributed by atoms with Gasteiger partial charge in [-0.25, -0.2) is 0 Å². The van der Waals surface area contributed by atoms with E-state index in [1.807, 2.05) is 0 Å². The Balaban J connectivity index is 0.000000500. The lowest BCUT2D eigenvalue weighted by molar-refractivity contribution is -0.0243. The summed E-state index contributed by atoms with van der Waals surface area (Å²) in [6, 6.07) is 0.863. The predicted octanol–water partition coefficient (Wildman–Crippen LogP) is 1.06. The van der Waals surface area contributed by atoms with Crippen LogP contribution in [0.3, 0.4) is 0 Å². The van der Waals surface area contributed by atoms with Crippen LogP contribution in [0.2, 0.25) is 0 Å². The first-order valence-corrected chi connectivity index (χ1v) is 3.77. The van der Waals surface area contributed by atoms with Crippen LogP contribution in [0.1, 0.15) is 25.7 Å². The molecule has 0 aromatic rings. The molecule has 2 aliphatic rings. The first-order chi connectivity index (χ1) is 4.26. The third-order valence-corrected chi connectivity index (χ3v) is 3.27. The Kier molecular flexibility index (Phi) is 3.64. The Morgan fingerprint density at radius 3 is 1.55 bits per heavy atom. The van der Waals surface area contributed by atoms with Gasteiger partial charge < -0.3 is 11.5 Å². The molecule has 2 atom stereocenters. The molecule has 2 fully saturated rings. The van der Waals surface area contributed by atoms with Crippen molar-refractivity contribution in [2.45, 2.75) is 37.8 Å². The molecule has 0 amide bonds. The van der Waals surface area contributed by atoms with Gasteiger partial charge in [0, 0.05) is 17.5 Å². The molecule has 0 bridgehead atoms. The summed E-state index contributed by atoms with van der Waals surface area (Å²) in [6.45, 7) is 0. The van der Waals surface area contributed by atoms with E-state index in [9.17, 15) is 0 Å². The van der Waals surface area contributed by atoms with E-state index in [0.29, 0.717) is 17.5 Å². The van der Waals surface area contributed by atoms with E-state index < -0.39 is 0 Å². The smallest absolute Gasteiger partial charge is 0.0125 e. The van der Waals surface area contributed by atoms with Crippen molar-refractivity contribution in [2.75, 3.05) is 0 Å². The number of hydrogen-bond donors (Lipinski definition) is 2. The fourth-order valence-corrected chi connectivity index (χ4v) is 2.18. The van der Waals surface area contributed by atoms with Gasteiger partial charge in [-0.05, 0) is 19.3 Å². The van der Waals surface area contributed by atoms with Crippen LogP contribution in [-0.4, -0.2) is 12.1 Å². The molecule has 2 unspecified atom stereocenters. The van der Waals surface area contributed by atoms with Gasteiger partial charge in [-0.15, -0.1) is 24.8 Å². The minimum Gasteiger partial charge on any atom is -0.327 e. The number of hydrogen-bond acceptors (Lipinski definition) is 2. The topological polar surface area (TPSA) is 52.0 Å². The monoisotopic (exact) mass is 198 g/mol. The normalized spacial score (nSPS) is 37.6. The standard InChI is InChI=1S/C7H14N2.2ClH/c8-5-4-6(9)7(5)2-1-3-7;;/h5-6H,1-4,8-9H2;2*1H. The lowest BCUT2D eigenvalue weighted by atomic mass is 9.50. The molecule has 1 spiro atoms. The van der Waals surface area contributed by atoms with E-state index in [4.69, 9.17) is 11.5 Å². The minimum atomic E-state index is 0. The van der Waals surface area contributed by atoms with Gasteiger partial charge in [-0.2, -0.15) is 0 Å². The molecule has 2 saturated carbocycles. The van der Waals surface area contributed by atoms with Gasteiger partial charge in [-0.3, -0.25) is 0 Å². The fraction of sp³-hybridized carbons (Fsp3) is 1.00. The van der Waals surface area contributed by atoms with E-state index in [2.05, 4.69) is 0 Å². The van der Waals surface area contributed by atoms with Crippen molar-refractivity contribution in [3.8, 4) is 0 Å². The molecule has 4 heteroatoms. The largest absolute Gasteiger partial charge is 0.327 e. The summed E-state index contributed by atoms with van der Waals surface area (Å²) in [5, 5.41) is 0. The summed E-state index contributed by atoms with van der Waals surface area (Å²) in [5.74, 6) is 0. The molecule has 2 aliphatic carbocycles. The molecule has 11 heavy (non-hydrogen) atoms. The van der Waals surface area contributed by atoms with Crippen molar-refractivity contribution in [1.29, 1.82) is 0 Å². The Hall–Kier alpha value is 0.500. The lowest BCUT2D eigenvalue weighted by Crippen LogP contribution is -2.67. The van der Waals surface area contributed by atoms with Crippen LogP contribution in [0.4, 0.5) is 0 Å². The molecule has 0 radical (unpaired) electrons. The summed E-state index contributed by atoms with van der Waals surface area (Å²) < 4.78 is 0. The van der Waals surface area contributed by atoms with Gasteiger partial charge >= 0.3 is 0 Å². The predicted molar refractivity (Wildman–Crippen MR) is 51.3 cm³/mol. The lowest BCUT2D eigenvalue weighted by Gasteiger charge is -2.59. The highest BCUT2D eigenvalue weighted by Gasteiger charge is 2.54. The van der Waals surface area contributed by atoms with Crippen LogP contribution in [0, 0.1) is 5.41 Å². The van der Waals surface area contributed by atoms with Crippen molar-refractivity contribution in [3.63, 3.8) is 0 Å². The van der Waals surface area contributed by atoms with E-state index in [1.54, 1.807) is 0 Å². The maximum Gasteiger partial charge on any atom is 0.0125 e. The second kappa shape index (κ2) is 3.48. The van der Waals surface area contributed by atoms with Gasteiger partial charge in [0.05, 0.1) is 0 Å². The molecule has 0 aliphatic heterocycles. The molecule has 2 rings (SSSR count). The average Bonchev–Trinajstić information content (AvgIpc) is 1.60. The van der Waals surface area contributed by atoms with Gasteiger partial charge in [0.25, 0.3) is 0 Å². The van der Waals surface area contributed by atoms with Gasteiger partial charge in [0.2, 0.25) is 0 Å². The summed E-state index contributed by atoms with van der Waals surface area (Å²) in [4.78, 5) is 0. The minimum absolute atomic E-state index is 0. The summed E-state index contributed by atoms with van der Waals surface area (Å²) >= 11 is 0. The van der Waals surface area contributed by atoms with E-state index >= 15 is 0 Å². The Labute approximate surface area is 79.9 Å². The van der Waals surface area contributed by atoms with Crippen molar-refractivity contribution in [2.24, 2.45) is 16.9 Å². The second-order valence-corrected chi connectivity index (χ2v) is 3.54. The summed E-state index contributed by atoms with van der Waals surface area (Å²) in [7, 11) is 0. The van der Waals surface area contributed by atoms with E-state index in [1.165, 1.54) is 19.3 Å². The maximum atomic E-state index is 5.83. The van der Waals surface area contributed by atoms with Crippen molar-refractivity contribution in [1.82, 2.24) is 0 Å². The molecule has 2 nitrogen and oxygen atoms in total. The van der Waals surface area contributed by atoms with Crippen LogP contribution < -0.4 is 11.5 Å². The second-order valence-electron chi connectivity index (χ2n) is 3.54.